The van der Waals surface area contributed by atoms with Crippen LogP contribution in [0.25, 0.3) is 0 Å². The summed E-state index contributed by atoms with van der Waals surface area (Å²) in [6, 6.07) is 7.73. The molecule has 1 atom stereocenters. The van der Waals surface area contributed by atoms with Crippen LogP contribution in [0, 0.1) is 0 Å². The van der Waals surface area contributed by atoms with Crippen LogP contribution in [0.1, 0.15) is 91.4 Å². The summed E-state index contributed by atoms with van der Waals surface area (Å²) in [4.78, 5) is -0.0281. The summed E-state index contributed by atoms with van der Waals surface area (Å²) in [5, 5.41) is 0. The molecule has 0 fully saturated rings. The van der Waals surface area contributed by atoms with Crippen molar-refractivity contribution in [2.45, 2.75) is 102 Å². The summed E-state index contributed by atoms with van der Waals surface area (Å²) in [6.07, 6.45) is 12.8. The first-order valence-corrected chi connectivity index (χ1v) is 15.4. The predicted octanol–water partition coefficient (Wildman–Crippen LogP) is 5.95. The zero-order valence-corrected chi connectivity index (χ0v) is 21.2. The van der Waals surface area contributed by atoms with E-state index in [1.807, 2.05) is 0 Å². The van der Waals surface area contributed by atoms with Gasteiger partial charge < -0.3 is 0 Å². The van der Waals surface area contributed by atoms with Crippen molar-refractivity contribution < 1.29 is 39.6 Å². The summed E-state index contributed by atoms with van der Waals surface area (Å²) < 4.78 is 51.6. The molecule has 0 aromatic heterocycles. The topological polar surface area (TPSA) is 82.1 Å². The zero-order chi connectivity index (χ0) is 22.3. The molecule has 0 heterocycles. The number of hydrogen-bond donors (Lipinski definition) is 1. The Bertz CT molecular complexity index is 653. The molecule has 0 amide bonds. The predicted molar refractivity (Wildman–Crippen MR) is 116 cm³/mol. The Morgan fingerprint density at radius 1 is 0.867 bits per heavy atom. The second kappa shape index (κ2) is 15.5. The molecule has 1 aromatic carbocycles. The van der Waals surface area contributed by atoms with Gasteiger partial charge in [0.15, 0.2) is 0 Å². The van der Waals surface area contributed by atoms with Gasteiger partial charge in [-0.05, 0) is 0 Å². The number of benzene rings is 1. The minimum absolute atomic E-state index is 0.0281. The minimum atomic E-state index is -4.90. The van der Waals surface area contributed by atoms with E-state index in [1.165, 1.54) is 63.5 Å². The van der Waals surface area contributed by atoms with Crippen LogP contribution >= 0.6 is 0 Å². The van der Waals surface area contributed by atoms with Gasteiger partial charge in [0.25, 0.3) is 0 Å². The van der Waals surface area contributed by atoms with Crippen molar-refractivity contribution in [3.8, 4) is 0 Å². The van der Waals surface area contributed by atoms with E-state index in [0.717, 1.165) is 19.3 Å². The molecule has 6 nitrogen and oxygen atoms in total. The van der Waals surface area contributed by atoms with E-state index in [1.54, 1.807) is 32.0 Å². The molecule has 0 spiro atoms. The summed E-state index contributed by atoms with van der Waals surface area (Å²) in [7, 11) is -4.15. The molecule has 0 radical (unpaired) electrons. The molecule has 0 aliphatic heterocycles. The summed E-state index contributed by atoms with van der Waals surface area (Å²) in [5.74, 6) is 0. The third-order valence-corrected chi connectivity index (χ3v) is 10.0. The molecule has 0 aliphatic rings. The van der Waals surface area contributed by atoms with Crippen LogP contribution in [-0.4, -0.2) is 24.8 Å². The second-order valence-corrected chi connectivity index (χ2v) is 12.7. The monoisotopic (exact) mass is 480 g/mol. The molecule has 8 heteroatoms. The van der Waals surface area contributed by atoms with Gasteiger partial charge in [-0.2, -0.15) is 0 Å². The van der Waals surface area contributed by atoms with Crippen LogP contribution in [0.2, 0.25) is 0 Å². The van der Waals surface area contributed by atoms with Crippen LogP contribution in [0.3, 0.4) is 0 Å². The van der Waals surface area contributed by atoms with Gasteiger partial charge in [0.2, 0.25) is 0 Å². The van der Waals surface area contributed by atoms with Crippen LogP contribution in [0.5, 0.6) is 0 Å². The van der Waals surface area contributed by atoms with Gasteiger partial charge in [-0.1, -0.05) is 13.3 Å². The third-order valence-electron chi connectivity index (χ3n) is 4.66. The van der Waals surface area contributed by atoms with Crippen LogP contribution in [0.4, 0.5) is 0 Å². The van der Waals surface area contributed by atoms with Gasteiger partial charge in [-0.25, -0.2) is 0 Å². The molecule has 0 bridgehead atoms. The average Bonchev–Trinajstić information content (AvgIpc) is 2.68. The van der Waals surface area contributed by atoms with Crippen molar-refractivity contribution in [1.29, 1.82) is 0 Å². The average molecular weight is 480 g/mol. The van der Waals surface area contributed by atoms with E-state index in [0.29, 0.717) is 0 Å². The Morgan fingerprint density at radius 2 is 1.37 bits per heavy atom. The molecule has 0 saturated heterocycles. The van der Waals surface area contributed by atoms with Crippen LogP contribution in [0.15, 0.2) is 35.2 Å². The van der Waals surface area contributed by atoms with E-state index in [4.69, 9.17) is 9.40 Å². The van der Waals surface area contributed by atoms with Crippen molar-refractivity contribution in [3.63, 3.8) is 0 Å². The summed E-state index contributed by atoms with van der Waals surface area (Å²) in [6.45, 7) is 5.88. The van der Waals surface area contributed by atoms with Crippen molar-refractivity contribution in [3.05, 3.63) is 30.3 Å². The van der Waals surface area contributed by atoms with E-state index >= 15 is 0 Å². The Balaban J connectivity index is 2.32. The third kappa shape index (κ3) is 12.5. The van der Waals surface area contributed by atoms with Crippen LogP contribution in [-0.2, 0) is 37.7 Å². The molecule has 1 aromatic rings. The standard InChI is InChI=1S/C13H27O.C6H6O3S.C3H7O.H2O.Ti/c1-2-3-4-5-6-7-8-9-10-11-12-13-14;7-10(8,9)6-4-2-1-3-5-6;1-3(2)4;;/h2-13H2,1H3;1-5H,(H,7,8,9);3H,1-2H3;1H2;/q-1;;-1;;+4/p-2. The Labute approximate surface area is 188 Å². The SMILES string of the molecule is CCCCCCCCCCCCC[O][Ti]([OH])([O]C(C)C)[O]S(=O)(=O)c1ccccc1. The van der Waals surface area contributed by atoms with E-state index in [9.17, 15) is 12.1 Å². The van der Waals surface area contributed by atoms with Gasteiger partial charge in [-0.3, -0.25) is 0 Å². The number of unbranched alkanes of at least 4 members (excludes halogenated alkanes) is 10. The molecule has 174 valence electrons. The fourth-order valence-corrected chi connectivity index (χ4v) is 7.89. The van der Waals surface area contributed by atoms with Gasteiger partial charge in [0.05, 0.1) is 0 Å². The summed E-state index contributed by atoms with van der Waals surface area (Å²) in [5.41, 5.74) is 0. The van der Waals surface area contributed by atoms with Gasteiger partial charge in [-0.15, -0.1) is 0 Å². The quantitative estimate of drug-likeness (QED) is 0.207. The Morgan fingerprint density at radius 3 is 1.87 bits per heavy atom. The maximum absolute atomic E-state index is 12.5. The van der Waals surface area contributed by atoms with Gasteiger partial charge in [0.1, 0.15) is 0 Å². The first kappa shape index (κ1) is 27.8. The van der Waals surface area contributed by atoms with Crippen molar-refractivity contribution in [1.82, 2.24) is 0 Å². The maximum atomic E-state index is 12.5. The van der Waals surface area contributed by atoms with Crippen molar-refractivity contribution in [2.24, 2.45) is 0 Å². The van der Waals surface area contributed by atoms with Gasteiger partial charge >= 0.3 is 176 Å². The fourth-order valence-electron chi connectivity index (χ4n) is 3.12. The summed E-state index contributed by atoms with van der Waals surface area (Å²) >= 11 is -4.90. The first-order chi connectivity index (χ1) is 14.3. The Kier molecular flexibility index (Phi) is 14.4. The molecule has 30 heavy (non-hydrogen) atoms. The molecule has 1 rings (SSSR count). The molecular formula is C22H40O6STi. The Hall–Kier alpha value is -0.276. The molecule has 0 aliphatic carbocycles. The van der Waals surface area contributed by atoms with E-state index in [-0.39, 0.29) is 11.5 Å². The zero-order valence-electron chi connectivity index (χ0n) is 18.8. The van der Waals surface area contributed by atoms with Crippen molar-refractivity contribution >= 4 is 10.1 Å². The first-order valence-electron chi connectivity index (χ1n) is 11.3. The van der Waals surface area contributed by atoms with Crippen LogP contribution < -0.4 is 0 Å². The number of hydrogen-bond acceptors (Lipinski definition) is 6. The van der Waals surface area contributed by atoms with Crippen molar-refractivity contribution in [2.75, 3.05) is 6.61 Å². The number of rotatable bonds is 18. The molecular weight excluding hydrogens is 440 g/mol. The second-order valence-electron chi connectivity index (χ2n) is 7.92. The van der Waals surface area contributed by atoms with E-state index < -0.39 is 34.4 Å². The van der Waals surface area contributed by atoms with Gasteiger partial charge in [0, 0.05) is 0 Å². The van der Waals surface area contributed by atoms with E-state index in [2.05, 4.69) is 6.92 Å². The molecule has 1 N–H and O–H groups in total. The fraction of sp³-hybridized carbons (Fsp3) is 0.727. The molecule has 0 saturated carbocycles. The normalized spacial score (nSPS) is 14.2. The molecule has 1 unspecified atom stereocenters.